The Labute approximate surface area is 148 Å². The minimum absolute atomic E-state index is 0.0965. The van der Waals surface area contributed by atoms with Gasteiger partial charge in [-0.25, -0.2) is 0 Å². The summed E-state index contributed by atoms with van der Waals surface area (Å²) in [5.74, 6) is -0.447. The molecule has 0 unspecified atom stereocenters. The van der Waals surface area contributed by atoms with E-state index in [1.165, 1.54) is 0 Å². The number of rotatable bonds is 9. The summed E-state index contributed by atoms with van der Waals surface area (Å²) in [4.78, 5) is 23.7. The third-order valence-corrected chi connectivity index (χ3v) is 4.45. The molecule has 1 aliphatic rings. The van der Waals surface area contributed by atoms with E-state index in [4.69, 9.17) is 14.6 Å². The SMILES string of the molecule is CCCCCOc1ccc(C(=O)NC2(CC(=O)O)CCOCC2)cc1. The van der Waals surface area contributed by atoms with Crippen molar-refractivity contribution in [3.05, 3.63) is 29.8 Å². The summed E-state index contributed by atoms with van der Waals surface area (Å²) < 4.78 is 10.9. The predicted molar refractivity (Wildman–Crippen MR) is 94.0 cm³/mol. The fourth-order valence-electron chi connectivity index (χ4n) is 2.96. The van der Waals surface area contributed by atoms with Crippen molar-refractivity contribution in [3.8, 4) is 5.75 Å². The molecule has 1 saturated heterocycles. The standard InChI is InChI=1S/C19H27NO5/c1-2-3-4-11-25-16-7-5-15(6-8-16)18(23)20-19(14-17(21)22)9-12-24-13-10-19/h5-8H,2-4,9-14H2,1H3,(H,20,23)(H,21,22). The number of hydrogen-bond donors (Lipinski definition) is 2. The maximum atomic E-state index is 12.5. The molecule has 2 rings (SSSR count). The van der Waals surface area contributed by atoms with E-state index >= 15 is 0 Å². The zero-order valence-corrected chi connectivity index (χ0v) is 14.8. The Hall–Kier alpha value is -2.08. The summed E-state index contributed by atoms with van der Waals surface area (Å²) in [6.45, 7) is 3.72. The summed E-state index contributed by atoms with van der Waals surface area (Å²) in [5.41, 5.74) is -0.242. The first-order valence-corrected chi connectivity index (χ1v) is 8.89. The van der Waals surface area contributed by atoms with Gasteiger partial charge < -0.3 is 19.9 Å². The maximum Gasteiger partial charge on any atom is 0.305 e. The van der Waals surface area contributed by atoms with E-state index in [9.17, 15) is 9.59 Å². The predicted octanol–water partition coefficient (Wildman–Crippen LogP) is 3.01. The van der Waals surface area contributed by atoms with Crippen molar-refractivity contribution in [1.82, 2.24) is 5.32 Å². The van der Waals surface area contributed by atoms with Crippen LogP contribution in [0, 0.1) is 0 Å². The molecule has 1 aliphatic heterocycles. The van der Waals surface area contributed by atoms with E-state index in [2.05, 4.69) is 12.2 Å². The number of unbranched alkanes of at least 4 members (excludes halogenated alkanes) is 2. The Bertz CT molecular complexity index is 564. The Balaban J connectivity index is 1.95. The Morgan fingerprint density at radius 1 is 1.20 bits per heavy atom. The molecule has 0 spiro atoms. The normalized spacial score (nSPS) is 16.2. The quantitative estimate of drug-likeness (QED) is 0.670. The molecule has 0 saturated carbocycles. The Morgan fingerprint density at radius 3 is 2.48 bits per heavy atom. The van der Waals surface area contributed by atoms with Gasteiger partial charge in [0.15, 0.2) is 0 Å². The molecule has 0 bridgehead atoms. The minimum atomic E-state index is -0.918. The molecule has 0 aliphatic carbocycles. The van der Waals surface area contributed by atoms with Gasteiger partial charge in [-0.15, -0.1) is 0 Å². The van der Waals surface area contributed by atoms with Gasteiger partial charge in [-0.05, 0) is 43.5 Å². The highest BCUT2D eigenvalue weighted by atomic mass is 16.5. The number of hydrogen-bond acceptors (Lipinski definition) is 4. The third-order valence-electron chi connectivity index (χ3n) is 4.45. The topological polar surface area (TPSA) is 84.9 Å². The zero-order valence-electron chi connectivity index (χ0n) is 14.8. The lowest BCUT2D eigenvalue weighted by Gasteiger charge is -2.36. The molecule has 1 aromatic carbocycles. The van der Waals surface area contributed by atoms with E-state index in [1.54, 1.807) is 24.3 Å². The van der Waals surface area contributed by atoms with E-state index in [0.29, 0.717) is 38.2 Å². The van der Waals surface area contributed by atoms with Crippen molar-refractivity contribution in [2.75, 3.05) is 19.8 Å². The molecule has 1 fully saturated rings. The number of carboxylic acid groups (broad SMARTS) is 1. The average molecular weight is 349 g/mol. The second-order valence-corrected chi connectivity index (χ2v) is 6.50. The minimum Gasteiger partial charge on any atom is -0.494 e. The summed E-state index contributed by atoms with van der Waals surface area (Å²) >= 11 is 0. The van der Waals surface area contributed by atoms with Crippen molar-refractivity contribution >= 4 is 11.9 Å². The lowest BCUT2D eigenvalue weighted by Crippen LogP contribution is -2.53. The second-order valence-electron chi connectivity index (χ2n) is 6.50. The van der Waals surface area contributed by atoms with Crippen molar-refractivity contribution in [2.45, 2.75) is 51.0 Å². The summed E-state index contributed by atoms with van der Waals surface area (Å²) in [6.07, 6.45) is 4.20. The molecule has 0 radical (unpaired) electrons. The Kier molecular flexibility index (Phi) is 7.25. The van der Waals surface area contributed by atoms with E-state index in [1.807, 2.05) is 0 Å². The van der Waals surface area contributed by atoms with E-state index in [-0.39, 0.29) is 12.3 Å². The molecule has 6 nitrogen and oxygen atoms in total. The number of nitrogens with one attached hydrogen (secondary N) is 1. The van der Waals surface area contributed by atoms with E-state index < -0.39 is 11.5 Å². The molecule has 0 aromatic heterocycles. The van der Waals surface area contributed by atoms with Gasteiger partial charge in [-0.1, -0.05) is 19.8 Å². The van der Waals surface area contributed by atoms with Crippen LogP contribution in [0.3, 0.4) is 0 Å². The van der Waals surface area contributed by atoms with Crippen LogP contribution in [0.25, 0.3) is 0 Å². The van der Waals surface area contributed by atoms with Crippen molar-refractivity contribution in [3.63, 3.8) is 0 Å². The molecule has 1 amide bonds. The highest BCUT2D eigenvalue weighted by Crippen LogP contribution is 2.25. The second kappa shape index (κ2) is 9.42. The lowest BCUT2D eigenvalue weighted by atomic mass is 9.86. The molecule has 0 atom stereocenters. The first-order valence-electron chi connectivity index (χ1n) is 8.89. The number of benzene rings is 1. The van der Waals surface area contributed by atoms with Crippen molar-refractivity contribution < 1.29 is 24.2 Å². The van der Waals surface area contributed by atoms with Crippen LogP contribution in [-0.4, -0.2) is 42.3 Å². The van der Waals surface area contributed by atoms with Gasteiger partial charge in [0.25, 0.3) is 5.91 Å². The highest BCUT2D eigenvalue weighted by molar-refractivity contribution is 5.95. The molecule has 1 aromatic rings. The monoisotopic (exact) mass is 349 g/mol. The Morgan fingerprint density at radius 2 is 1.88 bits per heavy atom. The molecular weight excluding hydrogens is 322 g/mol. The van der Waals surface area contributed by atoms with Gasteiger partial charge in [0.1, 0.15) is 5.75 Å². The van der Waals surface area contributed by atoms with Gasteiger partial charge in [0, 0.05) is 18.8 Å². The average Bonchev–Trinajstić information content (AvgIpc) is 2.59. The number of ether oxygens (including phenoxy) is 2. The lowest BCUT2D eigenvalue weighted by molar-refractivity contribution is -0.139. The van der Waals surface area contributed by atoms with Gasteiger partial charge in [-0.3, -0.25) is 9.59 Å². The smallest absolute Gasteiger partial charge is 0.305 e. The maximum absolute atomic E-state index is 12.5. The van der Waals surface area contributed by atoms with E-state index in [0.717, 1.165) is 25.0 Å². The number of aliphatic carboxylic acids is 1. The first kappa shape index (κ1) is 19.2. The molecule has 25 heavy (non-hydrogen) atoms. The van der Waals surface area contributed by atoms with Crippen LogP contribution >= 0.6 is 0 Å². The van der Waals surface area contributed by atoms with Gasteiger partial charge in [0.2, 0.25) is 0 Å². The van der Waals surface area contributed by atoms with Crippen molar-refractivity contribution in [2.24, 2.45) is 0 Å². The number of carbonyl (C=O) groups excluding carboxylic acids is 1. The summed E-state index contributed by atoms with van der Waals surface area (Å²) in [5, 5.41) is 12.1. The molecular formula is C19H27NO5. The van der Waals surface area contributed by atoms with Crippen LogP contribution in [0.2, 0.25) is 0 Å². The largest absolute Gasteiger partial charge is 0.494 e. The molecule has 138 valence electrons. The first-order chi connectivity index (χ1) is 12.0. The van der Waals surface area contributed by atoms with Crippen LogP contribution in [-0.2, 0) is 9.53 Å². The zero-order chi connectivity index (χ0) is 18.1. The fraction of sp³-hybridized carbons (Fsp3) is 0.579. The number of carbonyl (C=O) groups is 2. The molecule has 2 N–H and O–H groups in total. The summed E-state index contributed by atoms with van der Waals surface area (Å²) in [7, 11) is 0. The van der Waals surface area contributed by atoms with Crippen LogP contribution in [0.4, 0.5) is 0 Å². The van der Waals surface area contributed by atoms with Gasteiger partial charge in [-0.2, -0.15) is 0 Å². The third kappa shape index (κ3) is 6.05. The fourth-order valence-corrected chi connectivity index (χ4v) is 2.96. The van der Waals surface area contributed by atoms with Crippen LogP contribution in [0.15, 0.2) is 24.3 Å². The van der Waals surface area contributed by atoms with Crippen LogP contribution < -0.4 is 10.1 Å². The van der Waals surface area contributed by atoms with Crippen LogP contribution in [0.5, 0.6) is 5.75 Å². The molecule has 1 heterocycles. The number of amides is 1. The molecule has 6 heteroatoms. The summed E-state index contributed by atoms with van der Waals surface area (Å²) in [6, 6.07) is 6.96. The van der Waals surface area contributed by atoms with Crippen LogP contribution in [0.1, 0.15) is 55.8 Å². The van der Waals surface area contributed by atoms with Crippen molar-refractivity contribution in [1.29, 1.82) is 0 Å². The highest BCUT2D eigenvalue weighted by Gasteiger charge is 2.36. The van der Waals surface area contributed by atoms with Gasteiger partial charge >= 0.3 is 5.97 Å². The number of carboxylic acids is 1. The van der Waals surface area contributed by atoms with Gasteiger partial charge in [0.05, 0.1) is 18.6 Å².